The number of nitrogens with two attached hydrogens (primary N) is 1. The van der Waals surface area contributed by atoms with Crippen molar-refractivity contribution in [1.29, 1.82) is 0 Å². The second kappa shape index (κ2) is 5.83. The molecule has 0 aliphatic carbocycles. The van der Waals surface area contributed by atoms with Gasteiger partial charge in [-0.05, 0) is 40.5 Å². The number of aryl methyl sites for hydroxylation is 2. The van der Waals surface area contributed by atoms with Crippen molar-refractivity contribution in [3.63, 3.8) is 0 Å². The third-order valence-electron chi connectivity index (χ3n) is 3.04. The summed E-state index contributed by atoms with van der Waals surface area (Å²) in [5.41, 5.74) is 9.12. The van der Waals surface area contributed by atoms with Crippen LogP contribution >= 0.6 is 39.1 Å². The van der Waals surface area contributed by atoms with Gasteiger partial charge in [0.05, 0.1) is 15.9 Å². The first-order valence-electron chi connectivity index (χ1n) is 5.78. The molecule has 1 unspecified atom stereocenters. The lowest BCUT2D eigenvalue weighted by atomic mass is 10.0. The van der Waals surface area contributed by atoms with Gasteiger partial charge < -0.3 is 5.73 Å². The summed E-state index contributed by atoms with van der Waals surface area (Å²) in [5.74, 6) is 0. The third-order valence-corrected chi connectivity index (χ3v) is 4.63. The first kappa shape index (κ1) is 14.9. The molecule has 3 nitrogen and oxygen atoms in total. The average Bonchev–Trinajstić information content (AvgIpc) is 2.56. The van der Waals surface area contributed by atoms with Crippen molar-refractivity contribution in [3.8, 4) is 0 Å². The van der Waals surface area contributed by atoms with E-state index in [4.69, 9.17) is 28.9 Å². The van der Waals surface area contributed by atoms with Crippen molar-refractivity contribution < 1.29 is 0 Å². The standard InChI is InChI=1S/C13H14BrCl2N3/c1-7-13(14)12(19(2)18-7)6-11(17)9-4-3-8(15)5-10(9)16/h3-5,11H,6,17H2,1-2H3. The summed E-state index contributed by atoms with van der Waals surface area (Å²) in [6, 6.07) is 5.18. The monoisotopic (exact) mass is 361 g/mol. The fourth-order valence-corrected chi connectivity index (χ4v) is 3.07. The Morgan fingerprint density at radius 2 is 2.11 bits per heavy atom. The topological polar surface area (TPSA) is 43.8 Å². The van der Waals surface area contributed by atoms with Gasteiger partial charge in [-0.15, -0.1) is 0 Å². The Morgan fingerprint density at radius 3 is 2.63 bits per heavy atom. The highest BCUT2D eigenvalue weighted by atomic mass is 79.9. The van der Waals surface area contributed by atoms with Gasteiger partial charge in [0.1, 0.15) is 0 Å². The van der Waals surface area contributed by atoms with Crippen LogP contribution in [0.5, 0.6) is 0 Å². The molecule has 0 fully saturated rings. The number of benzene rings is 1. The maximum Gasteiger partial charge on any atom is 0.0738 e. The van der Waals surface area contributed by atoms with Gasteiger partial charge in [-0.2, -0.15) is 5.10 Å². The van der Waals surface area contributed by atoms with Crippen LogP contribution in [-0.2, 0) is 13.5 Å². The lowest BCUT2D eigenvalue weighted by molar-refractivity contribution is 0.638. The van der Waals surface area contributed by atoms with Crippen molar-refractivity contribution in [3.05, 3.63) is 49.7 Å². The van der Waals surface area contributed by atoms with Gasteiger partial charge >= 0.3 is 0 Å². The van der Waals surface area contributed by atoms with Gasteiger partial charge in [0.25, 0.3) is 0 Å². The molecular weight excluding hydrogens is 349 g/mol. The van der Waals surface area contributed by atoms with Crippen molar-refractivity contribution in [2.45, 2.75) is 19.4 Å². The fourth-order valence-electron chi connectivity index (χ4n) is 2.02. The second-order valence-corrected chi connectivity index (χ2v) is 6.08. The van der Waals surface area contributed by atoms with E-state index in [0.29, 0.717) is 16.5 Å². The van der Waals surface area contributed by atoms with E-state index in [2.05, 4.69) is 21.0 Å². The number of hydrogen-bond donors (Lipinski definition) is 1. The van der Waals surface area contributed by atoms with Crippen LogP contribution in [0.25, 0.3) is 0 Å². The molecule has 102 valence electrons. The van der Waals surface area contributed by atoms with E-state index in [1.807, 2.05) is 24.7 Å². The first-order chi connectivity index (χ1) is 8.90. The zero-order chi connectivity index (χ0) is 14.2. The van der Waals surface area contributed by atoms with Crippen LogP contribution in [0, 0.1) is 6.92 Å². The number of halogens is 3. The van der Waals surface area contributed by atoms with Crippen LogP contribution in [0.3, 0.4) is 0 Å². The molecule has 0 saturated carbocycles. The molecule has 0 amide bonds. The minimum atomic E-state index is -0.198. The minimum Gasteiger partial charge on any atom is -0.324 e. The third kappa shape index (κ3) is 3.14. The van der Waals surface area contributed by atoms with Crippen LogP contribution < -0.4 is 5.73 Å². The molecular formula is C13H14BrCl2N3. The van der Waals surface area contributed by atoms with Gasteiger partial charge in [-0.25, -0.2) is 0 Å². The Labute approximate surface area is 130 Å². The fraction of sp³-hybridized carbons (Fsp3) is 0.308. The van der Waals surface area contributed by atoms with Crippen LogP contribution in [0.15, 0.2) is 22.7 Å². The molecule has 1 atom stereocenters. The van der Waals surface area contributed by atoms with Gasteiger partial charge in [0.2, 0.25) is 0 Å². The van der Waals surface area contributed by atoms with Gasteiger partial charge in [-0.3, -0.25) is 4.68 Å². The highest BCUT2D eigenvalue weighted by Crippen LogP contribution is 2.29. The summed E-state index contributed by atoms with van der Waals surface area (Å²) < 4.78 is 2.83. The number of hydrogen-bond acceptors (Lipinski definition) is 2. The molecule has 1 heterocycles. The second-order valence-electron chi connectivity index (χ2n) is 4.45. The quantitative estimate of drug-likeness (QED) is 0.895. The predicted octanol–water partition coefficient (Wildman–Crippen LogP) is 4.04. The Morgan fingerprint density at radius 1 is 1.42 bits per heavy atom. The summed E-state index contributed by atoms with van der Waals surface area (Å²) in [5, 5.41) is 5.56. The maximum absolute atomic E-state index is 6.24. The van der Waals surface area contributed by atoms with Crippen LogP contribution in [-0.4, -0.2) is 9.78 Å². The Kier molecular flexibility index (Phi) is 4.56. The predicted molar refractivity (Wildman–Crippen MR) is 82.7 cm³/mol. The van der Waals surface area contributed by atoms with Crippen molar-refractivity contribution in [1.82, 2.24) is 9.78 Å². The van der Waals surface area contributed by atoms with Crippen molar-refractivity contribution >= 4 is 39.1 Å². The molecule has 0 spiro atoms. The molecule has 0 bridgehead atoms. The summed E-state index contributed by atoms with van der Waals surface area (Å²) >= 11 is 15.6. The van der Waals surface area contributed by atoms with Gasteiger partial charge in [0.15, 0.2) is 0 Å². The molecule has 2 N–H and O–H groups in total. The largest absolute Gasteiger partial charge is 0.324 e. The molecule has 19 heavy (non-hydrogen) atoms. The zero-order valence-electron chi connectivity index (χ0n) is 10.6. The van der Waals surface area contributed by atoms with E-state index >= 15 is 0 Å². The van der Waals surface area contributed by atoms with Crippen molar-refractivity contribution in [2.75, 3.05) is 0 Å². The van der Waals surface area contributed by atoms with E-state index in [-0.39, 0.29) is 6.04 Å². The Bertz CT molecular complexity index is 610. The van der Waals surface area contributed by atoms with Crippen molar-refractivity contribution in [2.24, 2.45) is 12.8 Å². The van der Waals surface area contributed by atoms with Crippen LogP contribution in [0.1, 0.15) is 23.0 Å². The molecule has 1 aromatic heterocycles. The van der Waals surface area contributed by atoms with E-state index in [9.17, 15) is 0 Å². The summed E-state index contributed by atoms with van der Waals surface area (Å²) in [7, 11) is 1.91. The molecule has 0 saturated heterocycles. The van der Waals surface area contributed by atoms with Crippen LogP contribution in [0.4, 0.5) is 0 Å². The number of rotatable bonds is 3. The highest BCUT2D eigenvalue weighted by molar-refractivity contribution is 9.10. The summed E-state index contributed by atoms with van der Waals surface area (Å²) in [4.78, 5) is 0. The van der Waals surface area contributed by atoms with Crippen LogP contribution in [0.2, 0.25) is 10.0 Å². The first-order valence-corrected chi connectivity index (χ1v) is 7.33. The number of aromatic nitrogens is 2. The molecule has 0 aliphatic rings. The van der Waals surface area contributed by atoms with E-state index < -0.39 is 0 Å². The van der Waals surface area contributed by atoms with Gasteiger partial charge in [0, 0.05) is 29.6 Å². The molecule has 2 rings (SSSR count). The lowest BCUT2D eigenvalue weighted by Gasteiger charge is -2.14. The molecule has 6 heteroatoms. The summed E-state index contributed by atoms with van der Waals surface area (Å²) in [6.07, 6.45) is 0.652. The molecule has 0 aliphatic heterocycles. The minimum absolute atomic E-state index is 0.198. The van der Waals surface area contributed by atoms with Gasteiger partial charge in [-0.1, -0.05) is 29.3 Å². The Balaban J connectivity index is 2.28. The smallest absolute Gasteiger partial charge is 0.0738 e. The molecule has 0 radical (unpaired) electrons. The lowest BCUT2D eigenvalue weighted by Crippen LogP contribution is -2.16. The SMILES string of the molecule is Cc1nn(C)c(CC(N)c2ccc(Cl)cc2Cl)c1Br. The summed E-state index contributed by atoms with van der Waals surface area (Å²) in [6.45, 7) is 1.95. The number of nitrogens with zero attached hydrogens (tertiary/aromatic N) is 2. The molecule has 1 aromatic carbocycles. The van der Waals surface area contributed by atoms with E-state index in [0.717, 1.165) is 21.4 Å². The average molecular weight is 363 g/mol. The normalized spacial score (nSPS) is 12.7. The maximum atomic E-state index is 6.24. The Hall–Kier alpha value is -0.550. The van der Waals surface area contributed by atoms with E-state index in [1.54, 1.807) is 12.1 Å². The molecule has 2 aromatic rings. The zero-order valence-corrected chi connectivity index (χ0v) is 13.7. The highest BCUT2D eigenvalue weighted by Gasteiger charge is 2.17. The van der Waals surface area contributed by atoms with E-state index in [1.165, 1.54) is 0 Å².